The number of benzene rings is 2. The lowest BCUT2D eigenvalue weighted by molar-refractivity contribution is -0.137. The Morgan fingerprint density at radius 2 is 1.63 bits per heavy atom. The second kappa shape index (κ2) is 7.90. The van der Waals surface area contributed by atoms with Crippen LogP contribution in [0.5, 0.6) is 0 Å². The number of alkyl halides is 3. The molecule has 0 spiro atoms. The average Bonchev–Trinajstić information content (AvgIpc) is 2.67. The van der Waals surface area contributed by atoms with Gasteiger partial charge in [0.05, 0.1) is 5.56 Å². The van der Waals surface area contributed by atoms with Gasteiger partial charge in [-0.15, -0.1) is 0 Å². The van der Waals surface area contributed by atoms with E-state index in [1.165, 1.54) is 12.1 Å². The Balaban J connectivity index is 1.51. The van der Waals surface area contributed by atoms with Crippen LogP contribution in [0.1, 0.15) is 16.7 Å². The third-order valence-electron chi connectivity index (χ3n) is 4.82. The molecule has 0 saturated carbocycles. The van der Waals surface area contributed by atoms with Crippen LogP contribution in [0.15, 0.2) is 48.5 Å². The second-order valence-electron chi connectivity index (χ2n) is 6.60. The minimum Gasteiger partial charge on any atom is -0.368 e. The Labute approximate surface area is 156 Å². The van der Waals surface area contributed by atoms with Crippen molar-refractivity contribution in [2.45, 2.75) is 19.6 Å². The van der Waals surface area contributed by atoms with Crippen LogP contribution in [-0.2, 0) is 12.7 Å². The molecule has 0 atom stereocenters. The largest absolute Gasteiger partial charge is 0.416 e. The highest BCUT2D eigenvalue weighted by Crippen LogP contribution is 2.30. The molecule has 0 aliphatic carbocycles. The Morgan fingerprint density at radius 1 is 1.00 bits per heavy atom. The normalized spacial score (nSPS) is 15.0. The molecule has 2 aromatic rings. The number of nitrogens with zero attached hydrogens (tertiary/aromatic N) is 2. The third-order valence-corrected chi connectivity index (χ3v) is 4.82. The zero-order valence-corrected chi connectivity index (χ0v) is 15.1. The molecule has 0 aromatic heterocycles. The minimum atomic E-state index is -4.33. The third kappa shape index (κ3) is 4.72. The van der Waals surface area contributed by atoms with Crippen molar-refractivity contribution >= 4 is 11.7 Å². The van der Waals surface area contributed by atoms with Gasteiger partial charge in [-0.2, -0.15) is 13.2 Å². The van der Waals surface area contributed by atoms with Crippen LogP contribution in [-0.4, -0.2) is 37.1 Å². The standard InChI is InChI=1S/C20H22F3N3O/c1-15-4-2-3-5-16(15)14-24-19(27)26-12-10-25(11-13-26)18-8-6-17(7-9-18)20(21,22)23/h2-9H,10-14H2,1H3,(H,24,27). The molecule has 0 unspecified atom stereocenters. The smallest absolute Gasteiger partial charge is 0.368 e. The lowest BCUT2D eigenvalue weighted by Gasteiger charge is -2.36. The highest BCUT2D eigenvalue weighted by molar-refractivity contribution is 5.74. The summed E-state index contributed by atoms with van der Waals surface area (Å²) in [6.45, 7) is 4.71. The summed E-state index contributed by atoms with van der Waals surface area (Å²) in [5.41, 5.74) is 2.29. The SMILES string of the molecule is Cc1ccccc1CNC(=O)N1CCN(c2ccc(C(F)(F)F)cc2)CC1. The molecule has 1 N–H and O–H groups in total. The minimum absolute atomic E-state index is 0.120. The predicted octanol–water partition coefficient (Wildman–Crippen LogP) is 4.05. The fraction of sp³-hybridized carbons (Fsp3) is 0.350. The van der Waals surface area contributed by atoms with Gasteiger partial charge in [0.1, 0.15) is 0 Å². The van der Waals surface area contributed by atoms with Crippen molar-refractivity contribution in [2.75, 3.05) is 31.1 Å². The Morgan fingerprint density at radius 3 is 2.22 bits per heavy atom. The van der Waals surface area contributed by atoms with Gasteiger partial charge in [0.15, 0.2) is 0 Å². The van der Waals surface area contributed by atoms with Gasteiger partial charge in [0.2, 0.25) is 0 Å². The molecular formula is C20H22F3N3O. The van der Waals surface area contributed by atoms with Crippen molar-refractivity contribution in [3.05, 3.63) is 65.2 Å². The van der Waals surface area contributed by atoms with Crippen molar-refractivity contribution < 1.29 is 18.0 Å². The van der Waals surface area contributed by atoms with Crippen molar-refractivity contribution in [1.29, 1.82) is 0 Å². The van der Waals surface area contributed by atoms with Crippen molar-refractivity contribution in [3.8, 4) is 0 Å². The molecule has 1 saturated heterocycles. The number of anilines is 1. The lowest BCUT2D eigenvalue weighted by atomic mass is 10.1. The summed E-state index contributed by atoms with van der Waals surface area (Å²) in [7, 11) is 0. The molecule has 27 heavy (non-hydrogen) atoms. The van der Waals surface area contributed by atoms with Crippen molar-refractivity contribution in [1.82, 2.24) is 10.2 Å². The molecule has 0 bridgehead atoms. The molecule has 0 radical (unpaired) electrons. The first-order valence-corrected chi connectivity index (χ1v) is 8.84. The maximum atomic E-state index is 12.7. The summed E-state index contributed by atoms with van der Waals surface area (Å²) < 4.78 is 38.0. The molecule has 2 aromatic carbocycles. The van der Waals surface area contributed by atoms with Gasteiger partial charge in [-0.05, 0) is 42.3 Å². The van der Waals surface area contributed by atoms with E-state index in [0.717, 1.165) is 28.9 Å². The highest BCUT2D eigenvalue weighted by atomic mass is 19.4. The van der Waals surface area contributed by atoms with Gasteiger partial charge >= 0.3 is 12.2 Å². The number of rotatable bonds is 3. The number of carbonyl (C=O) groups excluding carboxylic acids is 1. The number of nitrogens with one attached hydrogen (secondary N) is 1. The van der Waals surface area contributed by atoms with E-state index in [1.54, 1.807) is 4.90 Å². The molecule has 1 aliphatic rings. The van der Waals surface area contributed by atoms with Crippen LogP contribution < -0.4 is 10.2 Å². The Hall–Kier alpha value is -2.70. The van der Waals surface area contributed by atoms with Gasteiger partial charge < -0.3 is 15.1 Å². The summed E-state index contributed by atoms with van der Waals surface area (Å²) in [5.74, 6) is 0. The van der Waals surface area contributed by atoms with Crippen molar-refractivity contribution in [2.24, 2.45) is 0 Å². The first-order valence-electron chi connectivity index (χ1n) is 8.84. The maximum Gasteiger partial charge on any atom is 0.416 e. The van der Waals surface area contributed by atoms with E-state index >= 15 is 0 Å². The topological polar surface area (TPSA) is 35.6 Å². The van der Waals surface area contributed by atoms with E-state index in [1.807, 2.05) is 36.1 Å². The number of piperazine rings is 1. The molecule has 1 aliphatic heterocycles. The van der Waals surface area contributed by atoms with Crippen LogP contribution in [0.4, 0.5) is 23.7 Å². The van der Waals surface area contributed by atoms with E-state index in [4.69, 9.17) is 0 Å². The van der Waals surface area contributed by atoms with E-state index in [9.17, 15) is 18.0 Å². The Kier molecular flexibility index (Phi) is 5.58. The lowest BCUT2D eigenvalue weighted by Crippen LogP contribution is -2.51. The summed E-state index contributed by atoms with van der Waals surface area (Å²) in [4.78, 5) is 16.1. The fourth-order valence-electron chi connectivity index (χ4n) is 3.12. The second-order valence-corrected chi connectivity index (χ2v) is 6.60. The molecular weight excluding hydrogens is 355 g/mol. The number of carbonyl (C=O) groups is 1. The zero-order chi connectivity index (χ0) is 19.4. The molecule has 144 valence electrons. The van der Waals surface area contributed by atoms with E-state index in [-0.39, 0.29) is 6.03 Å². The number of hydrogen-bond acceptors (Lipinski definition) is 2. The summed E-state index contributed by atoms with van der Waals surface area (Å²) in [6.07, 6.45) is -4.33. The van der Waals surface area contributed by atoms with Crippen LogP contribution in [0.25, 0.3) is 0 Å². The molecule has 3 rings (SSSR count). The molecule has 1 heterocycles. The molecule has 1 fully saturated rings. The van der Waals surface area contributed by atoms with Crippen LogP contribution >= 0.6 is 0 Å². The maximum absolute atomic E-state index is 12.7. The fourth-order valence-corrected chi connectivity index (χ4v) is 3.12. The molecule has 4 nitrogen and oxygen atoms in total. The van der Waals surface area contributed by atoms with Gasteiger partial charge in [-0.1, -0.05) is 24.3 Å². The van der Waals surface area contributed by atoms with E-state index in [2.05, 4.69) is 5.32 Å². The van der Waals surface area contributed by atoms with Crippen LogP contribution in [0.2, 0.25) is 0 Å². The Bertz CT molecular complexity index is 782. The monoisotopic (exact) mass is 377 g/mol. The van der Waals surface area contributed by atoms with E-state index in [0.29, 0.717) is 32.7 Å². The quantitative estimate of drug-likeness (QED) is 0.876. The van der Waals surface area contributed by atoms with Crippen LogP contribution in [0.3, 0.4) is 0 Å². The summed E-state index contributed by atoms with van der Waals surface area (Å²) >= 11 is 0. The van der Waals surface area contributed by atoms with Gasteiger partial charge in [0.25, 0.3) is 0 Å². The number of halogens is 3. The average molecular weight is 377 g/mol. The highest BCUT2D eigenvalue weighted by Gasteiger charge is 2.30. The van der Waals surface area contributed by atoms with Crippen molar-refractivity contribution in [3.63, 3.8) is 0 Å². The van der Waals surface area contributed by atoms with Gasteiger partial charge in [0, 0.05) is 38.4 Å². The zero-order valence-electron chi connectivity index (χ0n) is 15.1. The van der Waals surface area contributed by atoms with Crippen LogP contribution in [0, 0.1) is 6.92 Å². The first-order chi connectivity index (χ1) is 12.8. The summed E-state index contributed by atoms with van der Waals surface area (Å²) in [5, 5.41) is 2.93. The number of amides is 2. The number of aryl methyl sites for hydroxylation is 1. The van der Waals surface area contributed by atoms with Gasteiger partial charge in [-0.25, -0.2) is 4.79 Å². The first kappa shape index (κ1) is 19.1. The molecule has 7 heteroatoms. The summed E-state index contributed by atoms with van der Waals surface area (Å²) in [6, 6.07) is 12.9. The number of urea groups is 1. The predicted molar refractivity (Wildman–Crippen MR) is 98.6 cm³/mol. The van der Waals surface area contributed by atoms with E-state index < -0.39 is 11.7 Å². The number of hydrogen-bond donors (Lipinski definition) is 1. The molecule has 2 amide bonds. The van der Waals surface area contributed by atoms with Gasteiger partial charge in [-0.3, -0.25) is 0 Å².